The normalized spacial score (nSPS) is 25.2. The van der Waals surface area contributed by atoms with Crippen LogP contribution in [0.5, 0.6) is 0 Å². The van der Waals surface area contributed by atoms with Crippen molar-refractivity contribution in [3.05, 3.63) is 18.2 Å². The van der Waals surface area contributed by atoms with E-state index in [-0.39, 0.29) is 6.04 Å². The van der Waals surface area contributed by atoms with Crippen molar-refractivity contribution < 1.29 is 9.90 Å². The van der Waals surface area contributed by atoms with E-state index < -0.39 is 5.97 Å². The highest BCUT2D eigenvalue weighted by Gasteiger charge is 2.30. The Morgan fingerprint density at radius 2 is 2.22 bits per heavy atom. The zero-order valence-corrected chi connectivity index (χ0v) is 10.5. The van der Waals surface area contributed by atoms with Gasteiger partial charge in [-0.05, 0) is 32.2 Å². The molecule has 5 nitrogen and oxygen atoms in total. The molecule has 0 bridgehead atoms. The van der Waals surface area contributed by atoms with Crippen LogP contribution in [0.4, 0.5) is 0 Å². The predicted molar refractivity (Wildman–Crippen MR) is 66.2 cm³/mol. The van der Waals surface area contributed by atoms with Crippen molar-refractivity contribution in [2.75, 3.05) is 6.54 Å². The summed E-state index contributed by atoms with van der Waals surface area (Å²) in [6.45, 7) is 1.60. The average Bonchev–Trinajstić information content (AvgIpc) is 3.11. The highest BCUT2D eigenvalue weighted by Crippen LogP contribution is 2.36. The van der Waals surface area contributed by atoms with Crippen LogP contribution >= 0.6 is 0 Å². The molecule has 98 valence electrons. The number of likely N-dealkylation sites (tertiary alicyclic amines) is 1. The number of aliphatic carboxylic acids is 1. The van der Waals surface area contributed by atoms with Crippen LogP contribution in [0.15, 0.2) is 12.5 Å². The molecule has 1 N–H and O–H groups in total. The minimum atomic E-state index is -0.688. The van der Waals surface area contributed by atoms with Crippen molar-refractivity contribution in [1.82, 2.24) is 14.5 Å². The molecule has 0 radical (unpaired) electrons. The van der Waals surface area contributed by atoms with Gasteiger partial charge in [0.2, 0.25) is 0 Å². The van der Waals surface area contributed by atoms with E-state index in [0.29, 0.717) is 12.6 Å². The van der Waals surface area contributed by atoms with Crippen molar-refractivity contribution in [3.63, 3.8) is 0 Å². The van der Waals surface area contributed by atoms with Gasteiger partial charge in [0, 0.05) is 18.8 Å². The molecular formula is C13H19N3O2. The Morgan fingerprint density at radius 3 is 2.94 bits per heavy atom. The Kier molecular flexibility index (Phi) is 3.07. The smallest absolute Gasteiger partial charge is 0.320 e. The molecule has 1 aromatic heterocycles. The molecule has 2 fully saturated rings. The Bertz CT molecular complexity index is 439. The highest BCUT2D eigenvalue weighted by atomic mass is 16.4. The topological polar surface area (TPSA) is 58.4 Å². The molecule has 0 amide bonds. The molecular weight excluding hydrogens is 230 g/mol. The zero-order valence-electron chi connectivity index (χ0n) is 10.5. The Balaban J connectivity index is 1.73. The molecule has 1 saturated heterocycles. The molecule has 1 saturated carbocycles. The number of nitrogens with zero attached hydrogens (tertiary/aromatic N) is 3. The summed E-state index contributed by atoms with van der Waals surface area (Å²) in [4.78, 5) is 17.6. The van der Waals surface area contributed by atoms with Gasteiger partial charge in [-0.3, -0.25) is 9.69 Å². The lowest BCUT2D eigenvalue weighted by Gasteiger charge is -2.32. The van der Waals surface area contributed by atoms with Gasteiger partial charge >= 0.3 is 5.97 Å². The summed E-state index contributed by atoms with van der Waals surface area (Å²) in [6, 6.07) is 0.289. The van der Waals surface area contributed by atoms with Crippen LogP contribution in [-0.4, -0.2) is 38.1 Å². The van der Waals surface area contributed by atoms with E-state index in [4.69, 9.17) is 0 Å². The zero-order chi connectivity index (χ0) is 12.5. The third kappa shape index (κ3) is 2.27. The van der Waals surface area contributed by atoms with Crippen molar-refractivity contribution in [3.8, 4) is 0 Å². The first-order valence-electron chi connectivity index (χ1n) is 6.73. The first-order valence-corrected chi connectivity index (χ1v) is 6.73. The fourth-order valence-corrected chi connectivity index (χ4v) is 2.80. The number of hydrogen-bond acceptors (Lipinski definition) is 3. The quantitative estimate of drug-likeness (QED) is 0.881. The fourth-order valence-electron chi connectivity index (χ4n) is 2.80. The Labute approximate surface area is 106 Å². The molecule has 1 unspecified atom stereocenters. The van der Waals surface area contributed by atoms with Crippen LogP contribution in [0.25, 0.3) is 0 Å². The van der Waals surface area contributed by atoms with Crippen molar-refractivity contribution in [2.45, 2.75) is 50.7 Å². The van der Waals surface area contributed by atoms with Gasteiger partial charge in [-0.2, -0.15) is 0 Å². The maximum absolute atomic E-state index is 11.3. The van der Waals surface area contributed by atoms with Crippen LogP contribution in [0.3, 0.4) is 0 Å². The SMILES string of the molecule is O=C(O)C1CCCCN1Cc1cncn1C1CC1. The molecule has 2 aliphatic rings. The summed E-state index contributed by atoms with van der Waals surface area (Å²) in [5.74, 6) is -0.688. The maximum atomic E-state index is 11.3. The second-order valence-corrected chi connectivity index (χ2v) is 5.34. The number of piperidine rings is 1. The lowest BCUT2D eigenvalue weighted by Crippen LogP contribution is -2.44. The van der Waals surface area contributed by atoms with Gasteiger partial charge in [0.25, 0.3) is 0 Å². The minimum Gasteiger partial charge on any atom is -0.480 e. The van der Waals surface area contributed by atoms with Crippen LogP contribution in [0.1, 0.15) is 43.8 Å². The number of hydrogen-bond donors (Lipinski definition) is 1. The van der Waals surface area contributed by atoms with E-state index in [9.17, 15) is 9.90 Å². The minimum absolute atomic E-state index is 0.318. The first kappa shape index (κ1) is 11.7. The van der Waals surface area contributed by atoms with E-state index in [0.717, 1.165) is 31.5 Å². The third-order valence-corrected chi connectivity index (χ3v) is 3.95. The average molecular weight is 249 g/mol. The van der Waals surface area contributed by atoms with Gasteiger partial charge < -0.3 is 9.67 Å². The molecule has 1 aliphatic carbocycles. The first-order chi connectivity index (χ1) is 8.75. The molecule has 1 aliphatic heterocycles. The van der Waals surface area contributed by atoms with Crippen molar-refractivity contribution >= 4 is 5.97 Å². The number of aromatic nitrogens is 2. The molecule has 1 atom stereocenters. The molecule has 0 aromatic carbocycles. The molecule has 5 heteroatoms. The van der Waals surface area contributed by atoms with E-state index in [2.05, 4.69) is 14.5 Å². The molecule has 1 aromatic rings. The van der Waals surface area contributed by atoms with Crippen molar-refractivity contribution in [2.24, 2.45) is 0 Å². The summed E-state index contributed by atoms with van der Waals surface area (Å²) in [7, 11) is 0. The maximum Gasteiger partial charge on any atom is 0.320 e. The standard InChI is InChI=1S/C13H19N3O2/c17-13(18)12-3-1-2-6-15(12)8-11-7-14-9-16(11)10-4-5-10/h7,9-10,12H,1-6,8H2,(H,17,18). The summed E-state index contributed by atoms with van der Waals surface area (Å²) < 4.78 is 2.22. The van der Waals surface area contributed by atoms with E-state index in [1.807, 2.05) is 12.5 Å². The van der Waals surface area contributed by atoms with Gasteiger partial charge in [0.15, 0.2) is 0 Å². The summed E-state index contributed by atoms with van der Waals surface area (Å²) in [5.41, 5.74) is 1.16. The van der Waals surface area contributed by atoms with Crippen LogP contribution in [0, 0.1) is 0 Å². The van der Waals surface area contributed by atoms with Crippen LogP contribution < -0.4 is 0 Å². The molecule has 2 heterocycles. The van der Waals surface area contributed by atoms with Crippen LogP contribution in [-0.2, 0) is 11.3 Å². The lowest BCUT2D eigenvalue weighted by atomic mass is 10.0. The monoisotopic (exact) mass is 249 g/mol. The number of imidazole rings is 1. The largest absolute Gasteiger partial charge is 0.480 e. The van der Waals surface area contributed by atoms with Gasteiger partial charge in [0.05, 0.1) is 12.0 Å². The van der Waals surface area contributed by atoms with E-state index in [1.54, 1.807) is 0 Å². The highest BCUT2D eigenvalue weighted by molar-refractivity contribution is 5.73. The summed E-state index contributed by atoms with van der Waals surface area (Å²) >= 11 is 0. The van der Waals surface area contributed by atoms with Gasteiger partial charge in [-0.25, -0.2) is 4.98 Å². The third-order valence-electron chi connectivity index (χ3n) is 3.95. The lowest BCUT2D eigenvalue weighted by molar-refractivity contribution is -0.144. The fraction of sp³-hybridized carbons (Fsp3) is 0.692. The van der Waals surface area contributed by atoms with Gasteiger partial charge in [0.1, 0.15) is 6.04 Å². The second kappa shape index (κ2) is 4.72. The van der Waals surface area contributed by atoms with E-state index in [1.165, 1.54) is 12.8 Å². The Morgan fingerprint density at radius 1 is 1.39 bits per heavy atom. The van der Waals surface area contributed by atoms with Crippen LogP contribution in [0.2, 0.25) is 0 Å². The number of rotatable bonds is 4. The predicted octanol–water partition coefficient (Wildman–Crippen LogP) is 1.66. The Hall–Kier alpha value is -1.36. The van der Waals surface area contributed by atoms with E-state index >= 15 is 0 Å². The number of carboxylic acid groups (broad SMARTS) is 1. The summed E-state index contributed by atoms with van der Waals surface area (Å²) in [5, 5.41) is 9.26. The summed E-state index contributed by atoms with van der Waals surface area (Å²) in [6.07, 6.45) is 9.11. The molecule has 3 rings (SSSR count). The molecule has 0 spiro atoms. The van der Waals surface area contributed by atoms with Gasteiger partial charge in [-0.1, -0.05) is 6.42 Å². The second-order valence-electron chi connectivity index (χ2n) is 5.34. The van der Waals surface area contributed by atoms with Crippen molar-refractivity contribution in [1.29, 1.82) is 0 Å². The number of carbonyl (C=O) groups is 1. The van der Waals surface area contributed by atoms with Gasteiger partial charge in [-0.15, -0.1) is 0 Å². The molecule has 18 heavy (non-hydrogen) atoms. The number of carboxylic acids is 1.